The largest absolute Gasteiger partial charge is 0.331 e. The molecule has 0 radical (unpaired) electrons. The Hall–Kier alpha value is -1.59. The van der Waals surface area contributed by atoms with Crippen LogP contribution in [0.1, 0.15) is 20.8 Å². The van der Waals surface area contributed by atoms with Crippen LogP contribution in [0.4, 0.5) is 0 Å². The van der Waals surface area contributed by atoms with E-state index in [1.807, 2.05) is 25.1 Å². The number of para-hydroxylation sites is 1. The number of hydrogen-bond acceptors (Lipinski definition) is 3. The van der Waals surface area contributed by atoms with Crippen molar-refractivity contribution < 1.29 is 0 Å². The lowest BCUT2D eigenvalue weighted by molar-refractivity contribution is 0.286. The average Bonchev–Trinajstić information content (AvgIpc) is 2.51. The molecule has 1 aromatic heterocycles. The predicted octanol–water partition coefficient (Wildman–Crippen LogP) is 1.95. The van der Waals surface area contributed by atoms with Crippen molar-refractivity contribution in [2.45, 2.75) is 33.9 Å². The third-order valence-electron chi connectivity index (χ3n) is 3.98. The SMILES string of the molecule is CCN(CC)CCn1c(=O)c2ccccc2n(CC)c1=O.Cl. The fraction of sp³-hybridized carbons (Fsp3) is 0.500. The average molecular weight is 326 g/mol. The van der Waals surface area contributed by atoms with E-state index in [4.69, 9.17) is 0 Å². The number of aryl methyl sites for hydroxylation is 1. The van der Waals surface area contributed by atoms with E-state index in [1.54, 1.807) is 10.6 Å². The van der Waals surface area contributed by atoms with Gasteiger partial charge in [0.1, 0.15) is 0 Å². The zero-order valence-electron chi connectivity index (χ0n) is 13.4. The Morgan fingerprint density at radius 1 is 1.00 bits per heavy atom. The number of nitrogens with zero attached hydrogens (tertiary/aromatic N) is 3. The van der Waals surface area contributed by atoms with Crippen LogP contribution in [0.5, 0.6) is 0 Å². The van der Waals surface area contributed by atoms with Gasteiger partial charge in [-0.1, -0.05) is 26.0 Å². The first-order valence-electron chi connectivity index (χ1n) is 7.58. The van der Waals surface area contributed by atoms with Gasteiger partial charge in [-0.2, -0.15) is 0 Å². The topological polar surface area (TPSA) is 47.2 Å². The molecule has 2 rings (SSSR count). The molecule has 0 aliphatic heterocycles. The molecule has 0 saturated heterocycles. The summed E-state index contributed by atoms with van der Waals surface area (Å²) in [7, 11) is 0. The smallest absolute Gasteiger partial charge is 0.302 e. The lowest BCUT2D eigenvalue weighted by atomic mass is 10.2. The Morgan fingerprint density at radius 2 is 1.64 bits per heavy atom. The summed E-state index contributed by atoms with van der Waals surface area (Å²) in [6.07, 6.45) is 0. The summed E-state index contributed by atoms with van der Waals surface area (Å²) in [5.41, 5.74) is 0.315. The second kappa shape index (κ2) is 8.15. The number of hydrogen-bond donors (Lipinski definition) is 0. The molecule has 0 aliphatic carbocycles. The zero-order valence-corrected chi connectivity index (χ0v) is 14.2. The van der Waals surface area contributed by atoms with Crippen LogP contribution in [-0.4, -0.2) is 33.7 Å². The van der Waals surface area contributed by atoms with E-state index in [-0.39, 0.29) is 23.7 Å². The summed E-state index contributed by atoms with van der Waals surface area (Å²) >= 11 is 0. The van der Waals surface area contributed by atoms with Gasteiger partial charge < -0.3 is 4.90 Å². The molecule has 0 aliphatic rings. The quantitative estimate of drug-likeness (QED) is 0.815. The van der Waals surface area contributed by atoms with E-state index >= 15 is 0 Å². The molecule has 0 amide bonds. The maximum atomic E-state index is 12.5. The first kappa shape index (κ1) is 18.5. The summed E-state index contributed by atoms with van der Waals surface area (Å²) in [6.45, 7) is 9.63. The molecule has 0 spiro atoms. The molecular formula is C16H24ClN3O2. The summed E-state index contributed by atoms with van der Waals surface area (Å²) in [6, 6.07) is 7.31. The first-order chi connectivity index (χ1) is 10.1. The van der Waals surface area contributed by atoms with Crippen molar-refractivity contribution in [3.8, 4) is 0 Å². The number of halogens is 1. The number of rotatable bonds is 6. The second-order valence-corrected chi connectivity index (χ2v) is 5.03. The summed E-state index contributed by atoms with van der Waals surface area (Å²) in [5, 5.41) is 0.610. The van der Waals surface area contributed by atoms with E-state index in [9.17, 15) is 9.59 Å². The molecule has 1 heterocycles. The minimum Gasteiger partial charge on any atom is -0.302 e. The van der Waals surface area contributed by atoms with Crippen molar-refractivity contribution in [2.75, 3.05) is 19.6 Å². The van der Waals surface area contributed by atoms with Crippen molar-refractivity contribution in [2.24, 2.45) is 0 Å². The highest BCUT2D eigenvalue weighted by molar-refractivity contribution is 5.85. The second-order valence-electron chi connectivity index (χ2n) is 5.03. The van der Waals surface area contributed by atoms with E-state index in [2.05, 4.69) is 18.7 Å². The zero-order chi connectivity index (χ0) is 15.4. The summed E-state index contributed by atoms with van der Waals surface area (Å²) in [4.78, 5) is 27.3. The van der Waals surface area contributed by atoms with Gasteiger partial charge in [-0.3, -0.25) is 13.9 Å². The third kappa shape index (κ3) is 3.42. The Labute approximate surface area is 136 Å². The molecule has 22 heavy (non-hydrogen) atoms. The van der Waals surface area contributed by atoms with Crippen LogP contribution in [0.25, 0.3) is 10.9 Å². The van der Waals surface area contributed by atoms with Gasteiger partial charge in [-0.05, 0) is 32.1 Å². The molecule has 2 aromatic rings. The molecule has 122 valence electrons. The standard InChI is InChI=1S/C16H23N3O2.ClH/c1-4-17(5-2)11-12-19-15(20)13-9-7-8-10-14(13)18(6-3)16(19)21;/h7-10H,4-6,11-12H2,1-3H3;1H. The fourth-order valence-electron chi connectivity index (χ4n) is 2.65. The summed E-state index contributed by atoms with van der Waals surface area (Å²) in [5.74, 6) is 0. The van der Waals surface area contributed by atoms with E-state index in [1.165, 1.54) is 4.57 Å². The van der Waals surface area contributed by atoms with Gasteiger partial charge in [0.05, 0.1) is 10.9 Å². The first-order valence-corrected chi connectivity index (χ1v) is 7.58. The minimum absolute atomic E-state index is 0. The fourth-order valence-corrected chi connectivity index (χ4v) is 2.65. The Kier molecular flexibility index (Phi) is 6.84. The van der Waals surface area contributed by atoms with Gasteiger partial charge in [0.2, 0.25) is 0 Å². The van der Waals surface area contributed by atoms with E-state index in [0.29, 0.717) is 30.5 Å². The van der Waals surface area contributed by atoms with Crippen LogP contribution in [-0.2, 0) is 13.1 Å². The molecule has 0 unspecified atom stereocenters. The number of fused-ring (bicyclic) bond motifs is 1. The lowest BCUT2D eigenvalue weighted by Crippen LogP contribution is -2.42. The lowest BCUT2D eigenvalue weighted by Gasteiger charge is -2.19. The van der Waals surface area contributed by atoms with Crippen molar-refractivity contribution in [3.63, 3.8) is 0 Å². The minimum atomic E-state index is -0.214. The van der Waals surface area contributed by atoms with Gasteiger partial charge in [0, 0.05) is 19.6 Å². The van der Waals surface area contributed by atoms with Crippen LogP contribution in [0.15, 0.2) is 33.9 Å². The van der Waals surface area contributed by atoms with Crippen molar-refractivity contribution in [3.05, 3.63) is 45.1 Å². The molecular weight excluding hydrogens is 302 g/mol. The van der Waals surface area contributed by atoms with Crippen LogP contribution in [0.2, 0.25) is 0 Å². The third-order valence-corrected chi connectivity index (χ3v) is 3.98. The van der Waals surface area contributed by atoms with Crippen molar-refractivity contribution >= 4 is 23.3 Å². The number of likely N-dealkylation sites (N-methyl/N-ethyl adjacent to an activating group) is 1. The maximum absolute atomic E-state index is 12.5. The molecule has 1 aromatic carbocycles. The monoisotopic (exact) mass is 325 g/mol. The molecule has 0 N–H and O–H groups in total. The van der Waals surface area contributed by atoms with Crippen molar-refractivity contribution in [1.82, 2.24) is 14.0 Å². The maximum Gasteiger partial charge on any atom is 0.331 e. The van der Waals surface area contributed by atoms with Gasteiger partial charge in [-0.25, -0.2) is 4.79 Å². The van der Waals surface area contributed by atoms with Gasteiger partial charge in [0.25, 0.3) is 5.56 Å². The predicted molar refractivity (Wildman–Crippen MR) is 93.2 cm³/mol. The highest BCUT2D eigenvalue weighted by atomic mass is 35.5. The molecule has 0 fully saturated rings. The van der Waals surface area contributed by atoms with Gasteiger partial charge in [-0.15, -0.1) is 12.4 Å². The number of aromatic nitrogens is 2. The van der Waals surface area contributed by atoms with Crippen LogP contribution in [0, 0.1) is 0 Å². The van der Waals surface area contributed by atoms with Crippen LogP contribution < -0.4 is 11.2 Å². The normalized spacial score (nSPS) is 10.9. The molecule has 0 atom stereocenters. The molecule has 0 saturated carbocycles. The van der Waals surface area contributed by atoms with E-state index < -0.39 is 0 Å². The molecule has 6 heteroatoms. The Morgan fingerprint density at radius 3 is 2.23 bits per heavy atom. The molecule has 5 nitrogen and oxygen atoms in total. The van der Waals surface area contributed by atoms with Crippen LogP contribution >= 0.6 is 12.4 Å². The Balaban J connectivity index is 0.00000242. The highest BCUT2D eigenvalue weighted by Gasteiger charge is 2.12. The van der Waals surface area contributed by atoms with Gasteiger partial charge >= 0.3 is 5.69 Å². The van der Waals surface area contributed by atoms with E-state index in [0.717, 1.165) is 13.1 Å². The summed E-state index contributed by atoms with van der Waals surface area (Å²) < 4.78 is 3.03. The van der Waals surface area contributed by atoms with Crippen LogP contribution in [0.3, 0.4) is 0 Å². The Bertz CT molecular complexity index is 732. The van der Waals surface area contributed by atoms with Gasteiger partial charge in [0.15, 0.2) is 0 Å². The number of benzene rings is 1. The highest BCUT2D eigenvalue weighted by Crippen LogP contribution is 2.07. The molecule has 0 bridgehead atoms. The van der Waals surface area contributed by atoms with Crippen molar-refractivity contribution in [1.29, 1.82) is 0 Å².